The van der Waals surface area contributed by atoms with Crippen LogP contribution in [-0.4, -0.2) is 40.2 Å². The van der Waals surface area contributed by atoms with E-state index in [-0.39, 0.29) is 12.8 Å². The molecule has 0 amide bonds. The summed E-state index contributed by atoms with van der Waals surface area (Å²) in [6.07, 6.45) is 4.29. The Morgan fingerprint density at radius 3 is 3.04 bits per heavy atom. The Balaban J connectivity index is 1.70. The van der Waals surface area contributed by atoms with Gasteiger partial charge in [0, 0.05) is 17.6 Å². The van der Waals surface area contributed by atoms with Crippen LogP contribution in [0.5, 0.6) is 0 Å². The number of nitrogens with zero attached hydrogens (tertiary/aromatic N) is 2. The van der Waals surface area contributed by atoms with Crippen LogP contribution in [0.4, 0.5) is 0 Å². The highest BCUT2D eigenvalue weighted by Crippen LogP contribution is 2.51. The van der Waals surface area contributed by atoms with E-state index in [9.17, 15) is 4.79 Å². The maximum atomic E-state index is 11.0. The lowest BCUT2D eigenvalue weighted by atomic mass is 9.78. The number of fused-ring (bicyclic) bond motifs is 3. The van der Waals surface area contributed by atoms with Gasteiger partial charge >= 0.3 is 5.97 Å². The topological polar surface area (TPSA) is 54.7 Å². The fourth-order valence-corrected chi connectivity index (χ4v) is 5.22. The minimum absolute atomic E-state index is 0.158. The molecule has 4 heterocycles. The van der Waals surface area contributed by atoms with E-state index in [0.717, 1.165) is 19.4 Å². The third-order valence-corrected chi connectivity index (χ3v) is 6.04. The summed E-state index contributed by atoms with van der Waals surface area (Å²) in [5.74, 6) is -0.318. The minimum atomic E-state index is -0.896. The van der Waals surface area contributed by atoms with Gasteiger partial charge in [0.05, 0.1) is 11.6 Å². The Kier molecular flexibility index (Phi) is 3.22. The van der Waals surface area contributed by atoms with E-state index in [4.69, 9.17) is 9.84 Å². The Hall–Kier alpha value is -1.85. The summed E-state index contributed by atoms with van der Waals surface area (Å²) in [5.41, 5.74) is 4.06. The fourth-order valence-electron chi connectivity index (χ4n) is 5.22. The van der Waals surface area contributed by atoms with Crippen LogP contribution in [0.15, 0.2) is 24.3 Å². The van der Waals surface area contributed by atoms with Crippen molar-refractivity contribution in [2.75, 3.05) is 19.7 Å². The third kappa shape index (κ3) is 1.98. The van der Waals surface area contributed by atoms with Gasteiger partial charge in [-0.2, -0.15) is 0 Å². The van der Waals surface area contributed by atoms with Crippen molar-refractivity contribution in [3.05, 3.63) is 35.5 Å². The normalized spacial score (nSPS) is 28.8. The lowest BCUT2D eigenvalue weighted by molar-refractivity contribution is -0.149. The van der Waals surface area contributed by atoms with E-state index in [1.165, 1.54) is 41.5 Å². The first-order valence-corrected chi connectivity index (χ1v) is 8.93. The number of benzene rings is 1. The Bertz CT molecular complexity index is 812. The first-order valence-electron chi connectivity index (χ1n) is 8.93. The molecule has 3 aliphatic heterocycles. The first-order chi connectivity index (χ1) is 11.7. The number of carboxylic acids is 1. The van der Waals surface area contributed by atoms with E-state index in [2.05, 4.69) is 33.7 Å². The van der Waals surface area contributed by atoms with E-state index in [1.54, 1.807) is 0 Å². The molecule has 1 aromatic heterocycles. The average Bonchev–Trinajstić information content (AvgIpc) is 2.94. The molecule has 1 aromatic carbocycles. The zero-order chi connectivity index (χ0) is 16.3. The quantitative estimate of drug-likeness (QED) is 0.942. The van der Waals surface area contributed by atoms with E-state index >= 15 is 0 Å². The number of piperidine rings is 1. The van der Waals surface area contributed by atoms with Gasteiger partial charge in [-0.05, 0) is 49.8 Å². The van der Waals surface area contributed by atoms with Crippen LogP contribution in [0.2, 0.25) is 0 Å². The molecule has 24 heavy (non-hydrogen) atoms. The second-order valence-electron chi connectivity index (χ2n) is 7.28. The van der Waals surface area contributed by atoms with Crippen LogP contribution in [0.1, 0.15) is 42.8 Å². The lowest BCUT2D eigenvalue weighted by Gasteiger charge is -2.49. The zero-order valence-corrected chi connectivity index (χ0v) is 13.6. The lowest BCUT2D eigenvalue weighted by Crippen LogP contribution is -2.47. The van der Waals surface area contributed by atoms with Gasteiger partial charge in [0.15, 0.2) is 0 Å². The monoisotopic (exact) mass is 326 g/mol. The van der Waals surface area contributed by atoms with Crippen molar-refractivity contribution in [3.63, 3.8) is 0 Å². The molecule has 1 N–H and O–H groups in total. The third-order valence-electron chi connectivity index (χ3n) is 6.04. The molecule has 5 nitrogen and oxygen atoms in total. The standard InChI is InChI=1S/C19H22N2O3/c22-17(23)11-24-16-10-12-4-3-8-20-9-7-14-13-5-1-2-6-15(13)21(16)19(14)18(12)20/h1-2,5-6,12,16,18H,3-4,7-11H2,(H,22,23)/t12-,16?,18-/m1/s1. The first kappa shape index (κ1) is 14.5. The molecule has 3 atom stereocenters. The molecular formula is C19H22N2O3. The van der Waals surface area contributed by atoms with Crippen molar-refractivity contribution in [2.45, 2.75) is 38.0 Å². The molecule has 2 aromatic rings. The van der Waals surface area contributed by atoms with Gasteiger partial charge in [-0.1, -0.05) is 18.2 Å². The number of hydrogen-bond donors (Lipinski definition) is 1. The number of carbonyl (C=O) groups is 1. The van der Waals surface area contributed by atoms with E-state index in [1.807, 2.05) is 0 Å². The number of hydrogen-bond acceptors (Lipinski definition) is 3. The van der Waals surface area contributed by atoms with Crippen LogP contribution in [0.3, 0.4) is 0 Å². The predicted molar refractivity (Wildman–Crippen MR) is 89.9 cm³/mol. The number of aromatic nitrogens is 1. The van der Waals surface area contributed by atoms with Crippen molar-refractivity contribution in [3.8, 4) is 0 Å². The second-order valence-corrected chi connectivity index (χ2v) is 7.28. The highest BCUT2D eigenvalue weighted by Gasteiger charge is 2.45. The molecule has 1 saturated heterocycles. The maximum absolute atomic E-state index is 11.0. The number of aliphatic carboxylic acids is 1. The average molecular weight is 326 g/mol. The minimum Gasteiger partial charge on any atom is -0.480 e. The second kappa shape index (κ2) is 5.33. The summed E-state index contributed by atoms with van der Waals surface area (Å²) < 4.78 is 8.16. The Morgan fingerprint density at radius 1 is 1.29 bits per heavy atom. The van der Waals surface area contributed by atoms with Gasteiger partial charge < -0.3 is 14.4 Å². The van der Waals surface area contributed by atoms with Gasteiger partial charge in [0.25, 0.3) is 0 Å². The molecule has 0 saturated carbocycles. The molecule has 0 bridgehead atoms. The molecule has 1 fully saturated rings. The molecular weight excluding hydrogens is 304 g/mol. The SMILES string of the molecule is O=C(O)COC1C[C@H]2CCCN3CCc4c(n1c1ccccc41)[C@@H]23. The van der Waals surface area contributed by atoms with Crippen LogP contribution in [-0.2, 0) is 16.0 Å². The number of carboxylic acid groups (broad SMARTS) is 1. The largest absolute Gasteiger partial charge is 0.480 e. The maximum Gasteiger partial charge on any atom is 0.329 e. The van der Waals surface area contributed by atoms with Gasteiger partial charge in [0.2, 0.25) is 0 Å². The van der Waals surface area contributed by atoms with E-state index < -0.39 is 5.97 Å². The van der Waals surface area contributed by atoms with Crippen LogP contribution in [0, 0.1) is 5.92 Å². The molecule has 0 aliphatic carbocycles. The van der Waals surface area contributed by atoms with Crippen LogP contribution < -0.4 is 0 Å². The summed E-state index contributed by atoms with van der Waals surface area (Å²) in [6, 6.07) is 9.01. The predicted octanol–water partition coefficient (Wildman–Crippen LogP) is 2.95. The fraction of sp³-hybridized carbons (Fsp3) is 0.526. The number of rotatable bonds is 3. The smallest absolute Gasteiger partial charge is 0.329 e. The van der Waals surface area contributed by atoms with Crippen molar-refractivity contribution in [2.24, 2.45) is 5.92 Å². The van der Waals surface area contributed by atoms with Gasteiger partial charge in [-0.25, -0.2) is 4.79 Å². The highest BCUT2D eigenvalue weighted by atomic mass is 16.5. The zero-order valence-electron chi connectivity index (χ0n) is 13.6. The van der Waals surface area contributed by atoms with Crippen molar-refractivity contribution in [1.29, 1.82) is 0 Å². The molecule has 126 valence electrons. The van der Waals surface area contributed by atoms with Gasteiger partial charge in [-0.15, -0.1) is 0 Å². The summed E-state index contributed by atoms with van der Waals surface area (Å²) in [7, 11) is 0. The molecule has 0 radical (unpaired) electrons. The van der Waals surface area contributed by atoms with Gasteiger partial charge in [-0.3, -0.25) is 4.90 Å². The highest BCUT2D eigenvalue weighted by molar-refractivity contribution is 5.86. The summed E-state index contributed by atoms with van der Waals surface area (Å²) in [6.45, 7) is 2.10. The number of para-hydroxylation sites is 1. The van der Waals surface area contributed by atoms with Gasteiger partial charge in [0.1, 0.15) is 12.8 Å². The van der Waals surface area contributed by atoms with Crippen molar-refractivity contribution < 1.29 is 14.6 Å². The Morgan fingerprint density at radius 2 is 2.17 bits per heavy atom. The summed E-state index contributed by atoms with van der Waals surface area (Å²) >= 11 is 0. The summed E-state index contributed by atoms with van der Waals surface area (Å²) in [5, 5.41) is 10.4. The van der Waals surface area contributed by atoms with Crippen molar-refractivity contribution in [1.82, 2.24) is 9.47 Å². The van der Waals surface area contributed by atoms with Crippen LogP contribution >= 0.6 is 0 Å². The molecule has 0 spiro atoms. The molecule has 5 rings (SSSR count). The van der Waals surface area contributed by atoms with Crippen molar-refractivity contribution >= 4 is 16.9 Å². The van der Waals surface area contributed by atoms with E-state index in [0.29, 0.717) is 12.0 Å². The summed E-state index contributed by atoms with van der Waals surface area (Å²) in [4.78, 5) is 13.7. The molecule has 5 heteroatoms. The molecule has 3 aliphatic rings. The van der Waals surface area contributed by atoms with Crippen LogP contribution in [0.25, 0.3) is 10.9 Å². The Labute approximate surface area is 140 Å². The number of ether oxygens (including phenoxy) is 1. The molecule has 1 unspecified atom stereocenters.